The van der Waals surface area contributed by atoms with Gasteiger partial charge in [-0.15, -0.1) is 0 Å². The number of dihydropyridines is 1. The third-order valence-electron chi connectivity index (χ3n) is 6.29. The number of allylic oxidation sites excluding steroid dienone is 2. The lowest BCUT2D eigenvalue weighted by molar-refractivity contribution is -0.140. The molecule has 1 aliphatic rings. The molecule has 0 bridgehead atoms. The maximum Gasteiger partial charge on any atom is 0.337 e. The Hall–Kier alpha value is -3.99. The van der Waals surface area contributed by atoms with E-state index in [0.717, 1.165) is 27.9 Å². The van der Waals surface area contributed by atoms with Gasteiger partial charge in [-0.3, -0.25) is 4.79 Å². The van der Waals surface area contributed by atoms with E-state index >= 15 is 0 Å². The van der Waals surface area contributed by atoms with Gasteiger partial charge in [0.25, 0.3) is 0 Å². The maximum atomic E-state index is 13.4. The molecule has 0 radical (unpaired) electrons. The van der Waals surface area contributed by atoms with Gasteiger partial charge in [-0.25, -0.2) is 4.79 Å². The van der Waals surface area contributed by atoms with Crippen molar-refractivity contribution >= 4 is 40.9 Å². The molecule has 0 aromatic heterocycles. The van der Waals surface area contributed by atoms with Gasteiger partial charge in [0.05, 0.1) is 33.9 Å². The van der Waals surface area contributed by atoms with Crippen molar-refractivity contribution in [3.05, 3.63) is 122 Å². The van der Waals surface area contributed by atoms with Crippen molar-refractivity contribution in [2.75, 3.05) is 11.1 Å². The van der Waals surface area contributed by atoms with E-state index in [1.54, 1.807) is 31.2 Å². The number of amides is 1. The molecule has 1 aliphatic heterocycles. The number of anilines is 1. The highest BCUT2D eigenvalue weighted by Gasteiger charge is 2.35. The van der Waals surface area contributed by atoms with Gasteiger partial charge in [0.2, 0.25) is 5.91 Å². The van der Waals surface area contributed by atoms with Gasteiger partial charge < -0.3 is 15.4 Å². The van der Waals surface area contributed by atoms with Gasteiger partial charge in [-0.05, 0) is 55.7 Å². The highest BCUT2D eigenvalue weighted by Crippen LogP contribution is 2.41. The van der Waals surface area contributed by atoms with Crippen LogP contribution >= 0.6 is 23.4 Å². The first-order chi connectivity index (χ1) is 18.8. The van der Waals surface area contributed by atoms with Crippen molar-refractivity contribution in [3.8, 4) is 6.07 Å². The molecule has 0 unspecified atom stereocenters. The van der Waals surface area contributed by atoms with E-state index < -0.39 is 11.9 Å². The summed E-state index contributed by atoms with van der Waals surface area (Å²) in [5.74, 6) is -1.32. The highest BCUT2D eigenvalue weighted by molar-refractivity contribution is 8.03. The Balaban J connectivity index is 1.59. The number of nitriles is 1. The van der Waals surface area contributed by atoms with Crippen LogP contribution in [-0.2, 0) is 20.9 Å². The Morgan fingerprint density at radius 2 is 1.77 bits per heavy atom. The topological polar surface area (TPSA) is 91.2 Å². The SMILES string of the molecule is CC1=C(C(=O)OCc2ccccc2)[C@@H](c2ccc(Cl)cc2)C(C#N)=C(SCC(=O)Nc2ccc(C)cc2C)N1. The molecule has 1 amide bonds. The summed E-state index contributed by atoms with van der Waals surface area (Å²) < 4.78 is 5.66. The second kappa shape index (κ2) is 12.7. The molecule has 8 heteroatoms. The van der Waals surface area contributed by atoms with Gasteiger partial charge >= 0.3 is 5.97 Å². The molecule has 1 atom stereocenters. The normalized spacial score (nSPS) is 14.9. The summed E-state index contributed by atoms with van der Waals surface area (Å²) in [5, 5.41) is 17.4. The molecule has 0 saturated carbocycles. The zero-order valence-corrected chi connectivity index (χ0v) is 23.5. The monoisotopic (exact) mass is 557 g/mol. The summed E-state index contributed by atoms with van der Waals surface area (Å²) in [4.78, 5) is 26.2. The van der Waals surface area contributed by atoms with E-state index in [0.29, 0.717) is 26.9 Å². The summed E-state index contributed by atoms with van der Waals surface area (Å²) in [6, 6.07) is 24.5. The Bertz CT molecular complexity index is 1490. The van der Waals surface area contributed by atoms with E-state index in [1.165, 1.54) is 11.8 Å². The van der Waals surface area contributed by atoms with E-state index in [-0.39, 0.29) is 18.3 Å². The van der Waals surface area contributed by atoms with Crippen LogP contribution in [0.2, 0.25) is 5.02 Å². The first-order valence-corrected chi connectivity index (χ1v) is 13.7. The summed E-state index contributed by atoms with van der Waals surface area (Å²) in [5.41, 5.74) is 5.65. The molecule has 3 aromatic carbocycles. The second-order valence-corrected chi connectivity index (χ2v) is 10.6. The zero-order valence-electron chi connectivity index (χ0n) is 21.9. The summed E-state index contributed by atoms with van der Waals surface area (Å²) >= 11 is 7.34. The van der Waals surface area contributed by atoms with Gasteiger partial charge in [-0.2, -0.15) is 5.26 Å². The van der Waals surface area contributed by atoms with Crippen molar-refractivity contribution < 1.29 is 14.3 Å². The molecule has 4 rings (SSSR count). The van der Waals surface area contributed by atoms with E-state index in [9.17, 15) is 14.9 Å². The number of carbonyl (C=O) groups is 2. The number of aryl methyl sites for hydroxylation is 2. The first kappa shape index (κ1) is 28.0. The number of thioether (sulfide) groups is 1. The number of carbonyl (C=O) groups excluding carboxylic acids is 2. The molecule has 3 aromatic rings. The Kier molecular flexibility index (Phi) is 9.13. The molecule has 2 N–H and O–H groups in total. The molecule has 198 valence electrons. The Labute approximate surface area is 237 Å². The third kappa shape index (κ3) is 6.91. The summed E-state index contributed by atoms with van der Waals surface area (Å²) in [6.07, 6.45) is 0. The lowest BCUT2D eigenvalue weighted by Gasteiger charge is -2.29. The lowest BCUT2D eigenvalue weighted by Crippen LogP contribution is -2.29. The average Bonchev–Trinajstić information content (AvgIpc) is 2.92. The predicted molar refractivity (Wildman–Crippen MR) is 156 cm³/mol. The molecular formula is C31H28ClN3O3S. The number of nitrogens with zero attached hydrogens (tertiary/aromatic N) is 1. The molecule has 0 fully saturated rings. The van der Waals surface area contributed by atoms with Crippen LogP contribution in [0.5, 0.6) is 0 Å². The predicted octanol–water partition coefficient (Wildman–Crippen LogP) is 6.77. The molecule has 0 spiro atoms. The molecule has 0 saturated heterocycles. The minimum atomic E-state index is -0.679. The summed E-state index contributed by atoms with van der Waals surface area (Å²) in [7, 11) is 0. The fourth-order valence-electron chi connectivity index (χ4n) is 4.36. The number of hydrogen-bond donors (Lipinski definition) is 2. The minimum absolute atomic E-state index is 0.0786. The van der Waals surface area contributed by atoms with E-state index in [2.05, 4.69) is 16.7 Å². The second-order valence-electron chi connectivity index (χ2n) is 9.22. The molecule has 0 aliphatic carbocycles. The standard InChI is InChI=1S/C31H28ClN3O3S/c1-19-9-14-26(20(2)15-19)35-27(36)18-39-30-25(16-33)29(23-10-12-24(32)13-11-23)28(21(3)34-30)31(37)38-17-22-7-5-4-6-8-22/h4-15,29,34H,17-18H2,1-3H3,(H,35,36)/t29-/m0/s1. The third-order valence-corrected chi connectivity index (χ3v) is 7.56. The van der Waals surface area contributed by atoms with Gasteiger partial charge in [0, 0.05) is 16.4 Å². The Morgan fingerprint density at radius 3 is 2.44 bits per heavy atom. The fraction of sp³-hybridized carbons (Fsp3) is 0.194. The average molecular weight is 558 g/mol. The fourth-order valence-corrected chi connectivity index (χ4v) is 5.38. The van der Waals surface area contributed by atoms with Crippen LogP contribution in [0.1, 0.15) is 35.1 Å². The van der Waals surface area contributed by atoms with Gasteiger partial charge in [-0.1, -0.05) is 83.5 Å². The van der Waals surface area contributed by atoms with Crippen molar-refractivity contribution in [2.24, 2.45) is 0 Å². The number of nitrogens with one attached hydrogen (secondary N) is 2. The smallest absolute Gasteiger partial charge is 0.337 e. The van der Waals surface area contributed by atoms with Crippen molar-refractivity contribution in [1.82, 2.24) is 5.32 Å². The van der Waals surface area contributed by atoms with Crippen LogP contribution in [-0.4, -0.2) is 17.6 Å². The van der Waals surface area contributed by atoms with E-state index in [4.69, 9.17) is 16.3 Å². The number of benzene rings is 3. The number of ether oxygens (including phenoxy) is 1. The van der Waals surface area contributed by atoms with Crippen molar-refractivity contribution in [1.29, 1.82) is 5.26 Å². The molecule has 6 nitrogen and oxygen atoms in total. The molecule has 1 heterocycles. The van der Waals surface area contributed by atoms with Crippen molar-refractivity contribution in [3.63, 3.8) is 0 Å². The van der Waals surface area contributed by atoms with Gasteiger partial charge in [0.1, 0.15) is 6.61 Å². The highest BCUT2D eigenvalue weighted by atomic mass is 35.5. The Morgan fingerprint density at radius 1 is 1.05 bits per heavy atom. The maximum absolute atomic E-state index is 13.4. The molecule has 39 heavy (non-hydrogen) atoms. The quantitative estimate of drug-likeness (QED) is 0.297. The van der Waals surface area contributed by atoms with Crippen molar-refractivity contribution in [2.45, 2.75) is 33.3 Å². The van der Waals surface area contributed by atoms with Crippen LogP contribution in [0.25, 0.3) is 0 Å². The number of esters is 1. The lowest BCUT2D eigenvalue weighted by atomic mass is 9.82. The summed E-state index contributed by atoms with van der Waals surface area (Å²) in [6.45, 7) is 5.82. The van der Waals surface area contributed by atoms with Crippen LogP contribution in [0.3, 0.4) is 0 Å². The van der Waals surface area contributed by atoms with E-state index in [1.807, 2.05) is 62.4 Å². The first-order valence-electron chi connectivity index (χ1n) is 12.3. The minimum Gasteiger partial charge on any atom is -0.457 e. The number of halogens is 1. The van der Waals surface area contributed by atoms with Crippen LogP contribution in [0.4, 0.5) is 5.69 Å². The van der Waals surface area contributed by atoms with Crippen LogP contribution < -0.4 is 10.6 Å². The number of hydrogen-bond acceptors (Lipinski definition) is 6. The van der Waals surface area contributed by atoms with Crippen LogP contribution in [0.15, 0.2) is 94.7 Å². The largest absolute Gasteiger partial charge is 0.457 e. The molecular weight excluding hydrogens is 530 g/mol. The van der Waals surface area contributed by atoms with Gasteiger partial charge in [0.15, 0.2) is 0 Å². The van der Waals surface area contributed by atoms with Crippen LogP contribution in [0, 0.1) is 25.2 Å². The zero-order chi connectivity index (χ0) is 27.9. The number of rotatable bonds is 8.